The van der Waals surface area contributed by atoms with Gasteiger partial charge in [0.15, 0.2) is 11.6 Å². The molecule has 0 aliphatic rings. The van der Waals surface area contributed by atoms with E-state index in [4.69, 9.17) is 0 Å². The minimum atomic E-state index is 0.242. The van der Waals surface area contributed by atoms with Gasteiger partial charge < -0.3 is 14.2 Å². The van der Waals surface area contributed by atoms with Gasteiger partial charge in [-0.1, -0.05) is 0 Å². The van der Waals surface area contributed by atoms with Gasteiger partial charge in [-0.25, -0.2) is 0 Å². The lowest BCUT2D eigenvalue weighted by Crippen LogP contribution is -1.96. The van der Waals surface area contributed by atoms with Crippen molar-refractivity contribution in [3.63, 3.8) is 0 Å². The van der Waals surface area contributed by atoms with E-state index in [2.05, 4.69) is 53.9 Å². The molecule has 0 amide bonds. The van der Waals surface area contributed by atoms with Crippen molar-refractivity contribution in [3.8, 4) is 28.5 Å². The van der Waals surface area contributed by atoms with Gasteiger partial charge in [-0.15, -0.1) is 10.2 Å². The zero-order valence-electron chi connectivity index (χ0n) is 14.8. The number of hydrogen-bond donors (Lipinski definition) is 1. The molecule has 0 bridgehead atoms. The molecule has 0 saturated heterocycles. The van der Waals surface area contributed by atoms with Crippen molar-refractivity contribution >= 4 is 10.9 Å². The van der Waals surface area contributed by atoms with Gasteiger partial charge in [-0.2, -0.15) is 0 Å². The lowest BCUT2D eigenvalue weighted by molar-refractivity contribution is 0.475. The van der Waals surface area contributed by atoms with Gasteiger partial charge in [0.1, 0.15) is 5.75 Å². The number of rotatable bonds is 2. The number of phenolic OH excluding ortho intramolecular Hbond substituents is 1. The van der Waals surface area contributed by atoms with Crippen molar-refractivity contribution in [2.45, 2.75) is 13.8 Å². The Morgan fingerprint density at radius 2 is 1.40 bits per heavy atom. The summed E-state index contributed by atoms with van der Waals surface area (Å²) >= 11 is 0. The molecule has 126 valence electrons. The highest BCUT2D eigenvalue weighted by Gasteiger charge is 2.15. The maximum absolute atomic E-state index is 9.46. The van der Waals surface area contributed by atoms with Gasteiger partial charge in [0.2, 0.25) is 0 Å². The first-order valence-electron chi connectivity index (χ1n) is 8.22. The lowest BCUT2D eigenvalue weighted by atomic mass is 10.1. The first-order valence-corrected chi connectivity index (χ1v) is 8.22. The highest BCUT2D eigenvalue weighted by atomic mass is 16.3. The first-order chi connectivity index (χ1) is 12.0. The number of aromatic hydroxyl groups is 1. The SMILES string of the molecule is Cc1c(C)n(C)c2ccc(-c3nnc(-c4ccc(O)cc4)n3C)cc12. The Morgan fingerprint density at radius 3 is 2.08 bits per heavy atom. The monoisotopic (exact) mass is 332 g/mol. The van der Waals surface area contributed by atoms with Crippen LogP contribution < -0.4 is 0 Å². The Balaban J connectivity index is 1.84. The van der Waals surface area contributed by atoms with E-state index in [0.717, 1.165) is 22.8 Å². The van der Waals surface area contributed by atoms with Crippen LogP contribution in [0.15, 0.2) is 42.5 Å². The molecular formula is C20H20N4O. The molecule has 0 unspecified atom stereocenters. The van der Waals surface area contributed by atoms with Gasteiger partial charge in [0.05, 0.1) is 0 Å². The molecule has 25 heavy (non-hydrogen) atoms. The van der Waals surface area contributed by atoms with Crippen molar-refractivity contribution in [2.75, 3.05) is 0 Å². The summed E-state index contributed by atoms with van der Waals surface area (Å²) in [7, 11) is 4.06. The number of benzene rings is 2. The Morgan fingerprint density at radius 1 is 0.800 bits per heavy atom. The summed E-state index contributed by atoms with van der Waals surface area (Å²) in [5.41, 5.74) is 5.75. The van der Waals surface area contributed by atoms with Crippen molar-refractivity contribution in [1.82, 2.24) is 19.3 Å². The number of nitrogens with zero attached hydrogens (tertiary/aromatic N) is 4. The molecule has 2 aromatic heterocycles. The van der Waals surface area contributed by atoms with E-state index >= 15 is 0 Å². The minimum absolute atomic E-state index is 0.242. The molecule has 0 fully saturated rings. The third-order valence-corrected chi connectivity index (χ3v) is 5.07. The molecular weight excluding hydrogens is 312 g/mol. The fourth-order valence-electron chi connectivity index (χ4n) is 3.34. The van der Waals surface area contributed by atoms with E-state index in [-0.39, 0.29) is 5.75 Å². The van der Waals surface area contributed by atoms with E-state index in [1.165, 1.54) is 22.2 Å². The normalized spacial score (nSPS) is 11.4. The number of aromatic nitrogens is 4. The summed E-state index contributed by atoms with van der Waals surface area (Å²) in [5, 5.41) is 19.4. The molecule has 2 aromatic carbocycles. The molecule has 0 radical (unpaired) electrons. The van der Waals surface area contributed by atoms with Gasteiger partial charge in [-0.3, -0.25) is 0 Å². The number of phenols is 1. The number of aryl methyl sites for hydroxylation is 2. The quantitative estimate of drug-likeness (QED) is 0.604. The molecule has 5 nitrogen and oxygen atoms in total. The van der Waals surface area contributed by atoms with Crippen LogP contribution in [0.1, 0.15) is 11.3 Å². The second kappa shape index (κ2) is 5.48. The smallest absolute Gasteiger partial charge is 0.163 e. The van der Waals surface area contributed by atoms with Crippen molar-refractivity contribution in [3.05, 3.63) is 53.7 Å². The fourth-order valence-corrected chi connectivity index (χ4v) is 3.34. The zero-order chi connectivity index (χ0) is 17.7. The standard InChI is InChI=1S/C20H20N4O/c1-12-13(2)23(3)18-10-7-15(11-17(12)18)20-22-21-19(24(20)4)14-5-8-16(25)9-6-14/h5-11,25H,1-4H3. The van der Waals surface area contributed by atoms with Gasteiger partial charge in [0, 0.05) is 41.8 Å². The zero-order valence-corrected chi connectivity index (χ0v) is 14.8. The molecule has 4 rings (SSSR count). The summed E-state index contributed by atoms with van der Waals surface area (Å²) in [6.07, 6.45) is 0. The summed E-state index contributed by atoms with van der Waals surface area (Å²) in [4.78, 5) is 0. The molecule has 4 aromatic rings. The maximum Gasteiger partial charge on any atom is 0.163 e. The molecule has 0 atom stereocenters. The van der Waals surface area contributed by atoms with Crippen molar-refractivity contribution < 1.29 is 5.11 Å². The molecule has 5 heteroatoms. The lowest BCUT2D eigenvalue weighted by Gasteiger charge is -2.05. The molecule has 2 heterocycles. The Kier molecular flexibility index (Phi) is 3.39. The largest absolute Gasteiger partial charge is 0.508 e. The molecule has 0 aliphatic carbocycles. The van der Waals surface area contributed by atoms with Gasteiger partial charge >= 0.3 is 0 Å². The van der Waals surface area contributed by atoms with Crippen LogP contribution >= 0.6 is 0 Å². The van der Waals surface area contributed by atoms with Crippen LogP contribution in [0, 0.1) is 13.8 Å². The fraction of sp³-hybridized carbons (Fsp3) is 0.200. The van der Waals surface area contributed by atoms with E-state index in [0.29, 0.717) is 0 Å². The van der Waals surface area contributed by atoms with Gasteiger partial charge in [0.25, 0.3) is 0 Å². The molecule has 1 N–H and O–H groups in total. The summed E-state index contributed by atoms with van der Waals surface area (Å²) in [5.74, 6) is 1.84. The number of hydrogen-bond acceptors (Lipinski definition) is 3. The van der Waals surface area contributed by atoms with Crippen LogP contribution in [0.25, 0.3) is 33.7 Å². The first kappa shape index (κ1) is 15.4. The summed E-state index contributed by atoms with van der Waals surface area (Å²) in [6, 6.07) is 13.4. The average Bonchev–Trinajstić information content (AvgIpc) is 3.10. The second-order valence-corrected chi connectivity index (χ2v) is 6.45. The highest BCUT2D eigenvalue weighted by Crippen LogP contribution is 2.30. The van der Waals surface area contributed by atoms with Crippen LogP contribution in [0.5, 0.6) is 5.75 Å². The maximum atomic E-state index is 9.46. The van der Waals surface area contributed by atoms with Crippen LogP contribution in [-0.4, -0.2) is 24.4 Å². The van der Waals surface area contributed by atoms with E-state index < -0.39 is 0 Å². The van der Waals surface area contributed by atoms with Crippen LogP contribution in [0.2, 0.25) is 0 Å². The van der Waals surface area contributed by atoms with Crippen LogP contribution in [0.4, 0.5) is 0 Å². The Labute approximate surface area is 146 Å². The Hall–Kier alpha value is -3.08. The van der Waals surface area contributed by atoms with Crippen LogP contribution in [-0.2, 0) is 14.1 Å². The van der Waals surface area contributed by atoms with Gasteiger partial charge in [-0.05, 0) is 61.9 Å². The molecule has 0 aliphatic heterocycles. The molecule has 0 spiro atoms. The number of fused-ring (bicyclic) bond motifs is 1. The summed E-state index contributed by atoms with van der Waals surface area (Å²) < 4.78 is 4.20. The second-order valence-electron chi connectivity index (χ2n) is 6.45. The third kappa shape index (κ3) is 2.31. The summed E-state index contributed by atoms with van der Waals surface area (Å²) in [6.45, 7) is 4.29. The molecule has 0 saturated carbocycles. The minimum Gasteiger partial charge on any atom is -0.508 e. The van der Waals surface area contributed by atoms with E-state index in [9.17, 15) is 5.11 Å². The third-order valence-electron chi connectivity index (χ3n) is 5.07. The van der Waals surface area contributed by atoms with Crippen LogP contribution in [0.3, 0.4) is 0 Å². The topological polar surface area (TPSA) is 55.9 Å². The van der Waals surface area contributed by atoms with E-state index in [1.54, 1.807) is 12.1 Å². The van der Waals surface area contributed by atoms with Crippen molar-refractivity contribution in [2.24, 2.45) is 14.1 Å². The predicted molar refractivity (Wildman–Crippen MR) is 99.5 cm³/mol. The predicted octanol–water partition coefficient (Wildman–Crippen LogP) is 3.96. The van der Waals surface area contributed by atoms with E-state index in [1.807, 2.05) is 23.7 Å². The van der Waals surface area contributed by atoms with Crippen molar-refractivity contribution in [1.29, 1.82) is 0 Å². The Bertz CT molecular complexity index is 1090. The average molecular weight is 332 g/mol. The highest BCUT2D eigenvalue weighted by molar-refractivity contribution is 5.89.